The van der Waals surface area contributed by atoms with Gasteiger partial charge in [-0.1, -0.05) is 6.08 Å². The zero-order valence-electron chi connectivity index (χ0n) is 3.81. The Morgan fingerprint density at radius 3 is 2.00 bits per heavy atom. The third-order valence-corrected chi connectivity index (χ3v) is 0. The standard InChI is InChI=1S/C3H6.CH2N2/c1-3-2;2-1-3/h3H,1H2,2H3;2H2. The molecule has 6 heavy (non-hydrogen) atoms. The van der Waals surface area contributed by atoms with Crippen LogP contribution >= 0.6 is 0 Å². The van der Waals surface area contributed by atoms with Crippen molar-refractivity contribution in [1.82, 2.24) is 0 Å². The van der Waals surface area contributed by atoms with E-state index in [1.54, 1.807) is 6.08 Å². The molecule has 0 amide bonds. The molecule has 0 aliphatic heterocycles. The third-order valence-electron chi connectivity index (χ3n) is 0. The van der Waals surface area contributed by atoms with Crippen LogP contribution in [-0.2, 0) is 0 Å². The Morgan fingerprint density at radius 1 is 2.00 bits per heavy atom. The number of nitrogens with zero attached hydrogens (tertiary/aromatic N) is 1. The van der Waals surface area contributed by atoms with Crippen LogP contribution in [0.3, 0.4) is 0 Å². The second kappa shape index (κ2) is 34.9. The minimum atomic E-state index is 1.25. The second-order valence-corrected chi connectivity index (χ2v) is 0.537. The lowest BCUT2D eigenvalue weighted by Crippen LogP contribution is -1.69. The maximum Gasteiger partial charge on any atom is 0.173 e. The Hall–Kier alpha value is -0.970. The fourth-order valence-electron chi connectivity index (χ4n) is 0. The lowest BCUT2D eigenvalue weighted by Gasteiger charge is -1.31. The number of nitriles is 1. The molecule has 0 aromatic heterocycles. The van der Waals surface area contributed by atoms with Crippen LogP contribution in [0.4, 0.5) is 0 Å². The number of hydrogen-bond donors (Lipinski definition) is 1. The van der Waals surface area contributed by atoms with Gasteiger partial charge >= 0.3 is 0 Å². The molecule has 2 N–H and O–H groups in total. The van der Waals surface area contributed by atoms with Crippen LogP contribution in [0.5, 0.6) is 0 Å². The minimum absolute atomic E-state index is 1.25. The number of nitrogens with two attached hydrogens (primary N) is 1. The summed E-state index contributed by atoms with van der Waals surface area (Å²) in [7, 11) is 0. The van der Waals surface area contributed by atoms with E-state index in [-0.39, 0.29) is 0 Å². The molecule has 0 heterocycles. The molecule has 2 heteroatoms. The fourth-order valence-corrected chi connectivity index (χ4v) is 0. The molecule has 0 spiro atoms. The summed E-state index contributed by atoms with van der Waals surface area (Å²) in [5.41, 5.74) is 4.15. The van der Waals surface area contributed by atoms with Crippen LogP contribution in [-0.4, -0.2) is 0 Å². The van der Waals surface area contributed by atoms with Gasteiger partial charge in [-0.05, 0) is 6.92 Å². The Balaban J connectivity index is 0. The average Bonchev–Trinajstić information content (AvgIpc) is 1.39. The van der Waals surface area contributed by atoms with Crippen molar-refractivity contribution in [2.45, 2.75) is 6.92 Å². The number of rotatable bonds is 0. The highest BCUT2D eigenvalue weighted by molar-refractivity contribution is 4.51. The van der Waals surface area contributed by atoms with Crippen LogP contribution in [0, 0.1) is 11.5 Å². The Labute approximate surface area is 37.9 Å². The van der Waals surface area contributed by atoms with E-state index in [1.165, 1.54) is 6.19 Å². The molecule has 0 unspecified atom stereocenters. The summed E-state index contributed by atoms with van der Waals surface area (Å²) in [6.45, 7) is 5.25. The largest absolute Gasteiger partial charge is 0.337 e. The van der Waals surface area contributed by atoms with Crippen molar-refractivity contribution in [3.63, 3.8) is 0 Å². The molecule has 0 bridgehead atoms. The Kier molecular flexibility index (Phi) is 51.7. The maximum absolute atomic E-state index is 7.10. The van der Waals surface area contributed by atoms with Gasteiger partial charge in [-0.25, -0.2) is 0 Å². The molecule has 0 aliphatic rings. The molecule has 34 valence electrons. The summed E-state index contributed by atoms with van der Waals surface area (Å²) in [5, 5.41) is 7.10. The first kappa shape index (κ1) is 8.90. The molecule has 0 atom stereocenters. The average molecular weight is 84.1 g/mol. The van der Waals surface area contributed by atoms with Gasteiger partial charge in [0.15, 0.2) is 6.19 Å². The predicted octanol–water partition coefficient (Wildman–Crippen LogP) is 0.618. The van der Waals surface area contributed by atoms with Crippen molar-refractivity contribution in [3.8, 4) is 6.19 Å². The highest BCUT2D eigenvalue weighted by Gasteiger charge is 1.15. The lowest BCUT2D eigenvalue weighted by molar-refractivity contribution is 1.45. The third kappa shape index (κ3) is 13.3. The molecule has 0 aromatic carbocycles. The van der Waals surface area contributed by atoms with Gasteiger partial charge in [0, 0.05) is 0 Å². The van der Waals surface area contributed by atoms with E-state index in [0.29, 0.717) is 0 Å². The molecule has 0 saturated heterocycles. The molecule has 2 nitrogen and oxygen atoms in total. The summed E-state index contributed by atoms with van der Waals surface area (Å²) in [4.78, 5) is 0. The zero-order valence-corrected chi connectivity index (χ0v) is 3.81. The van der Waals surface area contributed by atoms with Gasteiger partial charge in [0.2, 0.25) is 0 Å². The summed E-state index contributed by atoms with van der Waals surface area (Å²) in [6.07, 6.45) is 3.00. The molecule has 0 rings (SSSR count). The van der Waals surface area contributed by atoms with Gasteiger partial charge in [0.1, 0.15) is 0 Å². The smallest absolute Gasteiger partial charge is 0.173 e. The fraction of sp³-hybridized carbons (Fsp3) is 0.250. The van der Waals surface area contributed by atoms with Crippen LogP contribution in [0.2, 0.25) is 0 Å². The summed E-state index contributed by atoms with van der Waals surface area (Å²) >= 11 is 0. The monoisotopic (exact) mass is 84.1 g/mol. The molecule has 0 radical (unpaired) electrons. The molecule has 0 saturated carbocycles. The first-order valence-electron chi connectivity index (χ1n) is 1.50. The van der Waals surface area contributed by atoms with E-state index >= 15 is 0 Å². The van der Waals surface area contributed by atoms with E-state index in [0.717, 1.165) is 0 Å². The summed E-state index contributed by atoms with van der Waals surface area (Å²) < 4.78 is 0. The number of allylic oxidation sites excluding steroid dienone is 1. The number of hydrogen-bond acceptors (Lipinski definition) is 2. The SMILES string of the molecule is C=CC.N#CN. The van der Waals surface area contributed by atoms with Crippen molar-refractivity contribution in [3.05, 3.63) is 12.7 Å². The highest BCUT2D eigenvalue weighted by Crippen LogP contribution is 1.38. The van der Waals surface area contributed by atoms with Crippen LogP contribution in [0.15, 0.2) is 12.7 Å². The predicted molar refractivity (Wildman–Crippen MR) is 25.7 cm³/mol. The molecular formula is C4H8N2. The van der Waals surface area contributed by atoms with Gasteiger partial charge in [-0.15, -0.1) is 6.58 Å². The van der Waals surface area contributed by atoms with Crippen LogP contribution in [0.1, 0.15) is 6.92 Å². The van der Waals surface area contributed by atoms with Crippen LogP contribution < -0.4 is 5.73 Å². The van der Waals surface area contributed by atoms with Gasteiger partial charge in [0.25, 0.3) is 0 Å². The van der Waals surface area contributed by atoms with Crippen molar-refractivity contribution in [2.24, 2.45) is 5.73 Å². The van der Waals surface area contributed by atoms with Crippen molar-refractivity contribution >= 4 is 0 Å². The lowest BCUT2D eigenvalue weighted by atomic mass is 10.8. The van der Waals surface area contributed by atoms with Crippen molar-refractivity contribution < 1.29 is 0 Å². The van der Waals surface area contributed by atoms with Gasteiger partial charge in [-0.2, -0.15) is 5.26 Å². The zero-order chi connectivity index (χ0) is 5.41. The maximum atomic E-state index is 7.10. The van der Waals surface area contributed by atoms with Crippen molar-refractivity contribution in [1.29, 1.82) is 5.26 Å². The van der Waals surface area contributed by atoms with Gasteiger partial charge in [-0.3, -0.25) is 0 Å². The minimum Gasteiger partial charge on any atom is -0.337 e. The van der Waals surface area contributed by atoms with E-state index in [2.05, 4.69) is 12.3 Å². The summed E-state index contributed by atoms with van der Waals surface area (Å²) in [6, 6.07) is 0. The quantitative estimate of drug-likeness (QED) is 0.265. The molecule has 0 aromatic rings. The highest BCUT2D eigenvalue weighted by atomic mass is 14.5. The normalized spacial score (nSPS) is 3.33. The van der Waals surface area contributed by atoms with E-state index < -0.39 is 0 Å². The van der Waals surface area contributed by atoms with Crippen molar-refractivity contribution in [2.75, 3.05) is 0 Å². The molecule has 0 fully saturated rings. The van der Waals surface area contributed by atoms with Gasteiger partial charge < -0.3 is 5.73 Å². The first-order chi connectivity index (χ1) is 2.83. The molecule has 0 aliphatic carbocycles. The van der Waals surface area contributed by atoms with E-state index in [1.807, 2.05) is 6.92 Å². The van der Waals surface area contributed by atoms with E-state index in [4.69, 9.17) is 5.26 Å². The summed E-state index contributed by atoms with van der Waals surface area (Å²) in [5.74, 6) is 0. The van der Waals surface area contributed by atoms with E-state index in [9.17, 15) is 0 Å². The molecular weight excluding hydrogens is 76.1 g/mol. The first-order valence-corrected chi connectivity index (χ1v) is 1.50. The Morgan fingerprint density at radius 2 is 2.00 bits per heavy atom. The van der Waals surface area contributed by atoms with Gasteiger partial charge in [0.05, 0.1) is 0 Å². The Bertz CT molecular complexity index is 51.1. The van der Waals surface area contributed by atoms with Crippen LogP contribution in [0.25, 0.3) is 0 Å². The second-order valence-electron chi connectivity index (χ2n) is 0.537. The topological polar surface area (TPSA) is 49.8 Å².